The number of hydrogen-bond acceptors (Lipinski definition) is 4. The molecular weight excluding hydrogens is 166 g/mol. The van der Waals surface area contributed by atoms with E-state index in [-0.39, 0.29) is 0 Å². The minimum Gasteiger partial charge on any atom is -0.388 e. The van der Waals surface area contributed by atoms with Gasteiger partial charge in [0.25, 0.3) is 0 Å². The summed E-state index contributed by atoms with van der Waals surface area (Å²) >= 11 is 0. The predicted molar refractivity (Wildman–Crippen MR) is 51.8 cm³/mol. The van der Waals surface area contributed by atoms with Crippen molar-refractivity contribution in [3.63, 3.8) is 0 Å². The molecule has 0 saturated heterocycles. The molecule has 0 radical (unpaired) electrons. The number of benzene rings is 1. The average Bonchev–Trinajstić information content (AvgIpc) is 2.71. The second-order valence-electron chi connectivity index (χ2n) is 2.63. The Morgan fingerprint density at radius 3 is 2.62 bits per heavy atom. The molecule has 4 nitrogen and oxygen atoms in total. The average molecular weight is 177 g/mol. The summed E-state index contributed by atoms with van der Waals surface area (Å²) in [6, 6.07) is 7.90. The molecule has 0 atom stereocenters. The molecule has 0 unspecified atom stereocenters. The van der Waals surface area contributed by atoms with Gasteiger partial charge < -0.3 is 10.2 Å². The largest absolute Gasteiger partial charge is 0.388 e. The van der Waals surface area contributed by atoms with Crippen molar-refractivity contribution in [1.82, 2.24) is 5.43 Å². The van der Waals surface area contributed by atoms with E-state index >= 15 is 0 Å². The zero-order valence-electron chi connectivity index (χ0n) is 7.32. The molecule has 0 bridgehead atoms. The molecule has 0 aliphatic carbocycles. The number of nitrogens with zero attached hydrogens (tertiary/aromatic N) is 1. The Balaban J connectivity index is 2.13. The number of rotatable bonds is 2. The van der Waals surface area contributed by atoms with Gasteiger partial charge in [-0.2, -0.15) is 0 Å². The van der Waals surface area contributed by atoms with Crippen molar-refractivity contribution in [3.05, 3.63) is 36.7 Å². The van der Waals surface area contributed by atoms with Gasteiger partial charge in [0.2, 0.25) is 0 Å². The minimum atomic E-state index is 0.962. The second kappa shape index (κ2) is 3.26. The van der Waals surface area contributed by atoms with Crippen LogP contribution in [-0.4, -0.2) is 7.05 Å². The summed E-state index contributed by atoms with van der Waals surface area (Å²) in [5.74, 6) is 0. The van der Waals surface area contributed by atoms with E-state index < -0.39 is 0 Å². The summed E-state index contributed by atoms with van der Waals surface area (Å²) in [6.45, 7) is 0. The van der Waals surface area contributed by atoms with E-state index in [4.69, 9.17) is 4.84 Å². The lowest BCUT2D eigenvalue weighted by Gasteiger charge is -2.16. The first-order chi connectivity index (χ1) is 6.40. The smallest absolute Gasteiger partial charge is 0.139 e. The Bertz CT molecular complexity index is 299. The standard InChI is InChI=1S/C9H11N3O/c1-10-8-2-4-9(5-3-8)12-11-6-7-13-12/h2-7,10-11H,1H3. The fraction of sp³-hybridized carbons (Fsp3) is 0.111. The Labute approximate surface area is 76.7 Å². The summed E-state index contributed by atoms with van der Waals surface area (Å²) in [7, 11) is 1.89. The van der Waals surface area contributed by atoms with Gasteiger partial charge in [-0.05, 0) is 24.3 Å². The monoisotopic (exact) mass is 177 g/mol. The van der Waals surface area contributed by atoms with E-state index in [0.29, 0.717) is 0 Å². The van der Waals surface area contributed by atoms with Gasteiger partial charge in [-0.1, -0.05) is 0 Å². The lowest BCUT2D eigenvalue weighted by molar-refractivity contribution is 0.221. The molecule has 1 aliphatic rings. The molecule has 2 N–H and O–H groups in total. The topological polar surface area (TPSA) is 36.5 Å². The van der Waals surface area contributed by atoms with Gasteiger partial charge in [-0.3, -0.25) is 5.43 Å². The highest BCUT2D eigenvalue weighted by molar-refractivity contribution is 5.53. The van der Waals surface area contributed by atoms with Crippen molar-refractivity contribution < 1.29 is 4.84 Å². The van der Waals surface area contributed by atoms with Crippen LogP contribution in [0.25, 0.3) is 0 Å². The van der Waals surface area contributed by atoms with Gasteiger partial charge >= 0.3 is 0 Å². The molecule has 0 aromatic heterocycles. The molecule has 0 saturated carbocycles. The first-order valence-electron chi connectivity index (χ1n) is 4.06. The SMILES string of the molecule is CNc1ccc(N2NC=CO2)cc1. The van der Waals surface area contributed by atoms with Crippen molar-refractivity contribution >= 4 is 11.4 Å². The van der Waals surface area contributed by atoms with Gasteiger partial charge in [0.15, 0.2) is 0 Å². The molecule has 4 heteroatoms. The van der Waals surface area contributed by atoms with E-state index in [2.05, 4.69) is 10.7 Å². The zero-order chi connectivity index (χ0) is 9.10. The van der Waals surface area contributed by atoms with Crippen LogP contribution in [0.1, 0.15) is 0 Å². The third-order valence-electron chi connectivity index (χ3n) is 1.82. The number of anilines is 2. The van der Waals surface area contributed by atoms with Crippen molar-refractivity contribution in [3.8, 4) is 0 Å². The minimum absolute atomic E-state index is 0.962. The maximum absolute atomic E-state index is 5.13. The van der Waals surface area contributed by atoms with Crippen LogP contribution in [0.3, 0.4) is 0 Å². The molecule has 0 fully saturated rings. The van der Waals surface area contributed by atoms with E-state index in [1.165, 1.54) is 0 Å². The summed E-state index contributed by atoms with van der Waals surface area (Å²) in [6.07, 6.45) is 3.32. The molecule has 0 spiro atoms. The first kappa shape index (κ1) is 7.79. The van der Waals surface area contributed by atoms with E-state index in [9.17, 15) is 0 Å². The highest BCUT2D eigenvalue weighted by Gasteiger charge is 2.07. The number of hydrazine groups is 1. The fourth-order valence-electron chi connectivity index (χ4n) is 1.12. The Morgan fingerprint density at radius 2 is 2.08 bits per heavy atom. The predicted octanol–water partition coefficient (Wildman–Crippen LogP) is 1.46. The third-order valence-corrected chi connectivity index (χ3v) is 1.82. The van der Waals surface area contributed by atoms with Gasteiger partial charge in [0, 0.05) is 12.7 Å². The maximum Gasteiger partial charge on any atom is 0.139 e. The van der Waals surface area contributed by atoms with Crippen LogP contribution in [0.4, 0.5) is 11.4 Å². The van der Waals surface area contributed by atoms with Gasteiger partial charge in [0.1, 0.15) is 6.26 Å². The molecule has 1 heterocycles. The van der Waals surface area contributed by atoms with Crippen LogP contribution < -0.4 is 15.9 Å². The third kappa shape index (κ3) is 1.51. The second-order valence-corrected chi connectivity index (χ2v) is 2.63. The van der Waals surface area contributed by atoms with E-state index in [1.54, 1.807) is 17.6 Å². The van der Waals surface area contributed by atoms with Gasteiger partial charge in [-0.15, -0.1) is 5.17 Å². The fourth-order valence-corrected chi connectivity index (χ4v) is 1.12. The quantitative estimate of drug-likeness (QED) is 0.717. The van der Waals surface area contributed by atoms with Crippen LogP contribution in [0.15, 0.2) is 36.7 Å². The maximum atomic E-state index is 5.13. The molecule has 0 amide bonds. The summed E-state index contributed by atoms with van der Waals surface area (Å²) < 4.78 is 0. The molecule has 1 aromatic rings. The van der Waals surface area contributed by atoms with Crippen LogP contribution in [-0.2, 0) is 4.84 Å². The highest BCUT2D eigenvalue weighted by Crippen LogP contribution is 2.17. The molecular formula is C9H11N3O. The van der Waals surface area contributed by atoms with Crippen LogP contribution in [0, 0.1) is 0 Å². The van der Waals surface area contributed by atoms with Crippen molar-refractivity contribution in [2.75, 3.05) is 17.5 Å². The lowest BCUT2D eigenvalue weighted by Crippen LogP contribution is -2.27. The normalized spacial score (nSPS) is 13.8. The summed E-state index contributed by atoms with van der Waals surface area (Å²) in [4.78, 5) is 5.13. The summed E-state index contributed by atoms with van der Waals surface area (Å²) in [5, 5.41) is 4.63. The number of hydrogen-bond donors (Lipinski definition) is 2. The molecule has 1 aromatic carbocycles. The lowest BCUT2D eigenvalue weighted by atomic mass is 10.3. The van der Waals surface area contributed by atoms with E-state index in [0.717, 1.165) is 11.4 Å². The van der Waals surface area contributed by atoms with Crippen LogP contribution in [0.2, 0.25) is 0 Å². The molecule has 13 heavy (non-hydrogen) atoms. The van der Waals surface area contributed by atoms with E-state index in [1.807, 2.05) is 31.3 Å². The van der Waals surface area contributed by atoms with Crippen LogP contribution >= 0.6 is 0 Å². The van der Waals surface area contributed by atoms with Gasteiger partial charge in [-0.25, -0.2) is 0 Å². The van der Waals surface area contributed by atoms with Crippen molar-refractivity contribution in [1.29, 1.82) is 0 Å². The molecule has 1 aliphatic heterocycles. The molecule has 68 valence electrons. The summed E-state index contributed by atoms with van der Waals surface area (Å²) in [5.41, 5.74) is 4.96. The number of nitrogens with one attached hydrogen (secondary N) is 2. The Morgan fingerprint density at radius 1 is 1.31 bits per heavy atom. The van der Waals surface area contributed by atoms with Crippen molar-refractivity contribution in [2.24, 2.45) is 0 Å². The van der Waals surface area contributed by atoms with Crippen molar-refractivity contribution in [2.45, 2.75) is 0 Å². The zero-order valence-corrected chi connectivity index (χ0v) is 7.32. The Kier molecular flexibility index (Phi) is 1.96. The first-order valence-corrected chi connectivity index (χ1v) is 4.06. The molecule has 2 rings (SSSR count). The Hall–Kier alpha value is -1.84. The van der Waals surface area contributed by atoms with Gasteiger partial charge in [0.05, 0.1) is 11.9 Å². The highest BCUT2D eigenvalue weighted by atomic mass is 16.7. The van der Waals surface area contributed by atoms with Crippen LogP contribution in [0.5, 0.6) is 0 Å².